The van der Waals surface area contributed by atoms with Crippen LogP contribution in [0.5, 0.6) is 0 Å². The lowest BCUT2D eigenvalue weighted by Gasteiger charge is -1.85. The van der Waals surface area contributed by atoms with Crippen LogP contribution in [0.15, 0.2) is 12.8 Å². The van der Waals surface area contributed by atoms with Gasteiger partial charge in [0, 0.05) is 4.57 Å². The van der Waals surface area contributed by atoms with Crippen LogP contribution in [0, 0.1) is 0 Å². The van der Waals surface area contributed by atoms with Gasteiger partial charge in [-0.1, -0.05) is 19.9 Å². The van der Waals surface area contributed by atoms with Gasteiger partial charge in [-0.05, 0) is 6.42 Å². The maximum absolute atomic E-state index is 10.6. The fraction of sp³-hybridized carbons (Fsp3) is 0.667. The van der Waals surface area contributed by atoms with Crippen molar-refractivity contribution < 1.29 is 13.6 Å². The van der Waals surface area contributed by atoms with Crippen LogP contribution in [0.4, 0.5) is 0 Å². The van der Waals surface area contributed by atoms with Gasteiger partial charge in [-0.2, -0.15) is 0 Å². The molecule has 0 heterocycles. The molecular weight excluding hydrogens is 151 g/mol. The summed E-state index contributed by atoms with van der Waals surface area (Å²) < 4.78 is 19.7. The zero-order valence-corrected chi connectivity index (χ0v) is 6.97. The van der Waals surface area contributed by atoms with Crippen LogP contribution in [0.25, 0.3) is 0 Å². The van der Waals surface area contributed by atoms with Gasteiger partial charge in [0.15, 0.2) is 0 Å². The molecule has 1 unspecified atom stereocenters. The summed E-state index contributed by atoms with van der Waals surface area (Å²) in [6, 6.07) is 0. The quantitative estimate of drug-likeness (QED) is 0.343. The van der Waals surface area contributed by atoms with Crippen molar-refractivity contribution in [3.63, 3.8) is 0 Å². The molecule has 0 radical (unpaired) electrons. The van der Waals surface area contributed by atoms with Gasteiger partial charge in [0.1, 0.15) is 12.9 Å². The monoisotopic (exact) mass is 163 g/mol. The molecule has 10 heavy (non-hydrogen) atoms. The first-order valence-electron chi connectivity index (χ1n) is 3.19. The highest BCUT2D eigenvalue weighted by molar-refractivity contribution is 7.33. The number of unbranched alkanes of at least 4 members (excludes halogenated alkanes) is 1. The van der Waals surface area contributed by atoms with Gasteiger partial charge in [-0.3, -0.25) is 0 Å². The van der Waals surface area contributed by atoms with Gasteiger partial charge >= 0.3 is 8.25 Å². The second kappa shape index (κ2) is 6.72. The smallest absolute Gasteiger partial charge is 0.238 e. The lowest BCUT2D eigenvalue weighted by Crippen LogP contribution is -1.84. The third-order valence-corrected chi connectivity index (χ3v) is 1.57. The van der Waals surface area contributed by atoms with E-state index < -0.39 is 8.25 Å². The fourth-order valence-corrected chi connectivity index (χ4v) is 0.835. The zero-order valence-electron chi connectivity index (χ0n) is 6.08. The summed E-state index contributed by atoms with van der Waals surface area (Å²) >= 11 is 0. The Bertz CT molecular complexity index is 114. The Morgan fingerprint density at radius 2 is 2.40 bits per heavy atom. The predicted molar refractivity (Wildman–Crippen MR) is 39.7 cm³/mol. The van der Waals surface area contributed by atoms with Crippen LogP contribution in [-0.2, 0) is 13.6 Å². The van der Waals surface area contributed by atoms with Crippen molar-refractivity contribution in [2.45, 2.75) is 19.8 Å². The maximum atomic E-state index is 10.6. The highest BCUT2D eigenvalue weighted by atomic mass is 31.1. The first-order valence-corrected chi connectivity index (χ1v) is 4.28. The Kier molecular flexibility index (Phi) is 6.45. The summed E-state index contributed by atoms with van der Waals surface area (Å²) in [6.45, 7) is 5.76. The van der Waals surface area contributed by atoms with E-state index in [9.17, 15) is 4.57 Å². The van der Waals surface area contributed by atoms with Crippen LogP contribution < -0.4 is 0 Å². The molecule has 0 aromatic heterocycles. The second-order valence-corrected chi connectivity index (χ2v) is 2.60. The van der Waals surface area contributed by atoms with E-state index in [1.54, 1.807) is 0 Å². The van der Waals surface area contributed by atoms with Crippen LogP contribution in [0.3, 0.4) is 0 Å². The zero-order chi connectivity index (χ0) is 7.82. The van der Waals surface area contributed by atoms with Crippen molar-refractivity contribution in [3.8, 4) is 0 Å². The Hall–Kier alpha value is -0.400. The molecule has 4 heteroatoms. The SMILES string of the molecule is C=CO[P+](=O)OCCCC. The van der Waals surface area contributed by atoms with Crippen molar-refractivity contribution in [3.05, 3.63) is 12.8 Å². The van der Waals surface area contributed by atoms with E-state index in [-0.39, 0.29) is 0 Å². The minimum atomic E-state index is -1.96. The lowest BCUT2D eigenvalue weighted by atomic mass is 10.4. The fourth-order valence-electron chi connectivity index (χ4n) is 0.375. The predicted octanol–water partition coefficient (Wildman–Crippen LogP) is 2.62. The second-order valence-electron chi connectivity index (χ2n) is 1.68. The van der Waals surface area contributed by atoms with Crippen LogP contribution >= 0.6 is 8.25 Å². The van der Waals surface area contributed by atoms with E-state index >= 15 is 0 Å². The van der Waals surface area contributed by atoms with Gasteiger partial charge < -0.3 is 0 Å². The van der Waals surface area contributed by atoms with E-state index in [2.05, 4.69) is 11.1 Å². The Balaban J connectivity index is 3.13. The molecule has 0 fully saturated rings. The maximum Gasteiger partial charge on any atom is 0.749 e. The molecule has 0 bridgehead atoms. The standard InChI is InChI=1S/C6H12O3P/c1-3-5-6-9-10(7)8-4-2/h4H,2-3,5-6H2,1H3/q+1. The molecule has 0 aromatic carbocycles. The van der Waals surface area contributed by atoms with Crippen molar-refractivity contribution in [2.24, 2.45) is 0 Å². The highest BCUT2D eigenvalue weighted by Gasteiger charge is 2.16. The molecule has 0 amide bonds. The molecule has 0 aliphatic heterocycles. The topological polar surface area (TPSA) is 35.5 Å². The summed E-state index contributed by atoms with van der Waals surface area (Å²) in [5.74, 6) is 0. The normalized spacial score (nSPS) is 10.7. The van der Waals surface area contributed by atoms with E-state index in [1.165, 1.54) is 0 Å². The Labute approximate surface area is 62.0 Å². The van der Waals surface area contributed by atoms with Crippen molar-refractivity contribution >= 4 is 8.25 Å². The number of hydrogen-bond donors (Lipinski definition) is 0. The van der Waals surface area contributed by atoms with Gasteiger partial charge in [0.25, 0.3) is 0 Å². The lowest BCUT2D eigenvalue weighted by molar-refractivity contribution is 0.267. The molecule has 58 valence electrons. The largest absolute Gasteiger partial charge is 0.749 e. The molecule has 0 saturated carbocycles. The van der Waals surface area contributed by atoms with Crippen LogP contribution in [-0.4, -0.2) is 6.61 Å². The average Bonchev–Trinajstić information content (AvgIpc) is 1.89. The van der Waals surface area contributed by atoms with Crippen molar-refractivity contribution in [2.75, 3.05) is 6.61 Å². The van der Waals surface area contributed by atoms with Crippen molar-refractivity contribution in [1.29, 1.82) is 0 Å². The third kappa shape index (κ3) is 5.73. The van der Waals surface area contributed by atoms with Gasteiger partial charge in [0.05, 0.1) is 0 Å². The van der Waals surface area contributed by atoms with Gasteiger partial charge in [0.2, 0.25) is 0 Å². The molecule has 0 rings (SSSR count). The van der Waals surface area contributed by atoms with E-state index in [0.29, 0.717) is 6.61 Å². The minimum absolute atomic E-state index is 0.486. The van der Waals surface area contributed by atoms with Crippen LogP contribution in [0.2, 0.25) is 0 Å². The summed E-state index contributed by atoms with van der Waals surface area (Å²) in [4.78, 5) is 0. The summed E-state index contributed by atoms with van der Waals surface area (Å²) in [7, 11) is -1.96. The molecule has 3 nitrogen and oxygen atoms in total. The molecule has 0 N–H and O–H groups in total. The average molecular weight is 163 g/mol. The molecule has 0 aromatic rings. The molecule has 0 aliphatic carbocycles. The van der Waals surface area contributed by atoms with Crippen LogP contribution in [0.1, 0.15) is 19.8 Å². The molecule has 0 spiro atoms. The Morgan fingerprint density at radius 1 is 1.70 bits per heavy atom. The molecule has 0 saturated heterocycles. The molecule has 1 atom stereocenters. The highest BCUT2D eigenvalue weighted by Crippen LogP contribution is 2.23. The van der Waals surface area contributed by atoms with E-state index in [0.717, 1.165) is 19.1 Å². The molecular formula is C6H12O3P+. The Morgan fingerprint density at radius 3 is 2.90 bits per heavy atom. The van der Waals surface area contributed by atoms with Crippen molar-refractivity contribution in [1.82, 2.24) is 0 Å². The minimum Gasteiger partial charge on any atom is -0.238 e. The number of hydrogen-bond acceptors (Lipinski definition) is 3. The van der Waals surface area contributed by atoms with E-state index in [1.807, 2.05) is 6.92 Å². The summed E-state index contributed by atoms with van der Waals surface area (Å²) in [5, 5.41) is 0. The van der Waals surface area contributed by atoms with Gasteiger partial charge in [-0.15, -0.1) is 4.52 Å². The third-order valence-electron chi connectivity index (χ3n) is 0.855. The summed E-state index contributed by atoms with van der Waals surface area (Å²) in [5.41, 5.74) is 0. The number of rotatable bonds is 6. The first kappa shape index (κ1) is 9.60. The van der Waals surface area contributed by atoms with Gasteiger partial charge in [-0.25, -0.2) is 4.52 Å². The first-order chi connectivity index (χ1) is 4.81. The summed E-state index contributed by atoms with van der Waals surface area (Å²) in [6.07, 6.45) is 3.05. The van der Waals surface area contributed by atoms with E-state index in [4.69, 9.17) is 4.52 Å². The molecule has 0 aliphatic rings.